The maximum absolute atomic E-state index is 10.9. The van der Waals surface area contributed by atoms with E-state index >= 15 is 0 Å². The van der Waals surface area contributed by atoms with Gasteiger partial charge in [0.2, 0.25) is 0 Å². The fourth-order valence-corrected chi connectivity index (χ4v) is 3.43. The molecule has 1 aliphatic carbocycles. The van der Waals surface area contributed by atoms with Crippen molar-refractivity contribution in [3.05, 3.63) is 35.4 Å². The van der Waals surface area contributed by atoms with Gasteiger partial charge in [0, 0.05) is 31.2 Å². The summed E-state index contributed by atoms with van der Waals surface area (Å²) in [7, 11) is 2.18. The maximum Gasteiger partial charge on any atom is 0.335 e. The van der Waals surface area contributed by atoms with Crippen molar-refractivity contribution in [1.29, 1.82) is 0 Å². The zero-order chi connectivity index (χ0) is 15.0. The van der Waals surface area contributed by atoms with E-state index < -0.39 is 5.97 Å². The molecular weight excluding hydrogens is 264 g/mol. The summed E-state index contributed by atoms with van der Waals surface area (Å²) in [5.74, 6) is -0.861. The Hall–Kier alpha value is -1.39. The van der Waals surface area contributed by atoms with Crippen molar-refractivity contribution in [2.45, 2.75) is 50.9 Å². The highest BCUT2D eigenvalue weighted by molar-refractivity contribution is 5.87. The minimum absolute atomic E-state index is 0.357. The maximum atomic E-state index is 10.9. The van der Waals surface area contributed by atoms with Crippen LogP contribution in [-0.2, 0) is 6.54 Å². The summed E-state index contributed by atoms with van der Waals surface area (Å²) in [6.07, 6.45) is 3.98. The third-order valence-corrected chi connectivity index (χ3v) is 4.87. The second kappa shape index (κ2) is 5.78. The van der Waals surface area contributed by atoms with Gasteiger partial charge >= 0.3 is 5.97 Å². The Morgan fingerprint density at radius 3 is 2.57 bits per heavy atom. The molecule has 2 atom stereocenters. The van der Waals surface area contributed by atoms with Crippen molar-refractivity contribution in [1.82, 2.24) is 9.80 Å². The van der Waals surface area contributed by atoms with E-state index in [1.165, 1.54) is 31.4 Å². The molecular formula is C17H24N2O2. The zero-order valence-corrected chi connectivity index (χ0v) is 12.8. The monoisotopic (exact) mass is 288 g/mol. The van der Waals surface area contributed by atoms with Gasteiger partial charge in [0.15, 0.2) is 0 Å². The summed E-state index contributed by atoms with van der Waals surface area (Å²) >= 11 is 0. The molecule has 2 aliphatic rings. The number of hydrogen-bond donors (Lipinski definition) is 1. The van der Waals surface area contributed by atoms with Gasteiger partial charge in [-0.2, -0.15) is 0 Å². The van der Waals surface area contributed by atoms with Gasteiger partial charge in [-0.15, -0.1) is 0 Å². The van der Waals surface area contributed by atoms with E-state index in [1.807, 2.05) is 12.1 Å². The average Bonchev–Trinajstić information content (AvgIpc) is 3.22. The Balaban J connectivity index is 1.58. The van der Waals surface area contributed by atoms with Gasteiger partial charge < -0.3 is 5.11 Å². The number of benzene rings is 1. The normalized spacial score (nSPS) is 26.4. The van der Waals surface area contributed by atoms with Crippen molar-refractivity contribution in [3.63, 3.8) is 0 Å². The van der Waals surface area contributed by atoms with Crippen LogP contribution in [0, 0.1) is 0 Å². The van der Waals surface area contributed by atoms with E-state index in [0.29, 0.717) is 17.6 Å². The van der Waals surface area contributed by atoms with Gasteiger partial charge in [0.25, 0.3) is 0 Å². The third kappa shape index (κ3) is 3.27. The number of carboxylic acid groups (broad SMARTS) is 1. The van der Waals surface area contributed by atoms with E-state index in [9.17, 15) is 4.79 Å². The molecule has 4 heteroatoms. The largest absolute Gasteiger partial charge is 0.478 e. The predicted molar refractivity (Wildman–Crippen MR) is 82.5 cm³/mol. The summed E-state index contributed by atoms with van der Waals surface area (Å²) in [5, 5.41) is 8.93. The fourth-order valence-electron chi connectivity index (χ4n) is 3.43. The second-order valence-corrected chi connectivity index (χ2v) is 6.58. The lowest BCUT2D eigenvalue weighted by Crippen LogP contribution is -2.35. The lowest BCUT2D eigenvalue weighted by molar-refractivity contribution is 0.0697. The number of nitrogens with zero attached hydrogens (tertiary/aromatic N) is 2. The molecule has 0 spiro atoms. The number of carbonyl (C=O) groups is 1. The smallest absolute Gasteiger partial charge is 0.335 e. The molecule has 1 heterocycles. The number of likely N-dealkylation sites (N-methyl/N-ethyl adjacent to an activating group) is 1. The van der Waals surface area contributed by atoms with E-state index in [4.69, 9.17) is 5.11 Å². The molecule has 114 valence electrons. The molecule has 0 radical (unpaired) electrons. The van der Waals surface area contributed by atoms with Crippen molar-refractivity contribution >= 4 is 5.97 Å². The first kappa shape index (κ1) is 14.5. The van der Waals surface area contributed by atoms with Gasteiger partial charge in [-0.3, -0.25) is 9.80 Å². The summed E-state index contributed by atoms with van der Waals surface area (Å²) in [6, 6.07) is 9.39. The quantitative estimate of drug-likeness (QED) is 0.904. The standard InChI is InChI=1S/C17H24N2O2/c1-12-9-16(11-19(12)15-7-8-15)18(2)10-13-3-5-14(6-4-13)17(20)21/h3-6,12,15-16H,7-11H2,1-2H3,(H,20,21). The first-order valence-electron chi connectivity index (χ1n) is 7.83. The van der Waals surface area contributed by atoms with Gasteiger partial charge in [-0.25, -0.2) is 4.79 Å². The highest BCUT2D eigenvalue weighted by atomic mass is 16.4. The highest BCUT2D eigenvalue weighted by Gasteiger charge is 2.39. The molecule has 1 saturated heterocycles. The minimum Gasteiger partial charge on any atom is -0.478 e. The molecule has 1 N–H and O–H groups in total. The third-order valence-electron chi connectivity index (χ3n) is 4.87. The van der Waals surface area contributed by atoms with Crippen LogP contribution in [0.4, 0.5) is 0 Å². The van der Waals surface area contributed by atoms with Crippen molar-refractivity contribution < 1.29 is 9.90 Å². The average molecular weight is 288 g/mol. The van der Waals surface area contributed by atoms with Crippen LogP contribution in [0.1, 0.15) is 42.1 Å². The Morgan fingerprint density at radius 2 is 2.00 bits per heavy atom. The molecule has 21 heavy (non-hydrogen) atoms. The Bertz CT molecular complexity index is 510. The van der Waals surface area contributed by atoms with Crippen molar-refractivity contribution in [2.24, 2.45) is 0 Å². The number of carboxylic acids is 1. The van der Waals surface area contributed by atoms with Crippen LogP contribution >= 0.6 is 0 Å². The van der Waals surface area contributed by atoms with Gasteiger partial charge in [0.1, 0.15) is 0 Å². The van der Waals surface area contributed by atoms with E-state index in [1.54, 1.807) is 12.1 Å². The first-order chi connectivity index (χ1) is 10.0. The molecule has 1 aromatic carbocycles. The van der Waals surface area contributed by atoms with Crippen molar-refractivity contribution in [2.75, 3.05) is 13.6 Å². The lowest BCUT2D eigenvalue weighted by atomic mass is 10.1. The summed E-state index contributed by atoms with van der Waals surface area (Å²) in [5.41, 5.74) is 1.54. The fraction of sp³-hybridized carbons (Fsp3) is 0.588. The number of aromatic carboxylic acids is 1. The zero-order valence-electron chi connectivity index (χ0n) is 12.8. The summed E-state index contributed by atoms with van der Waals surface area (Å²) in [6.45, 7) is 4.40. The van der Waals surface area contributed by atoms with E-state index in [0.717, 1.165) is 12.6 Å². The lowest BCUT2D eigenvalue weighted by Gasteiger charge is -2.25. The second-order valence-electron chi connectivity index (χ2n) is 6.58. The molecule has 1 aliphatic heterocycles. The van der Waals surface area contributed by atoms with E-state index in [2.05, 4.69) is 23.8 Å². The Morgan fingerprint density at radius 1 is 1.33 bits per heavy atom. The SMILES string of the molecule is CC1CC(N(C)Cc2ccc(C(=O)O)cc2)CN1C1CC1. The highest BCUT2D eigenvalue weighted by Crippen LogP contribution is 2.34. The topological polar surface area (TPSA) is 43.8 Å². The minimum atomic E-state index is -0.861. The van der Waals surface area contributed by atoms with Crippen LogP contribution in [0.5, 0.6) is 0 Å². The van der Waals surface area contributed by atoms with Gasteiger partial charge in [-0.1, -0.05) is 12.1 Å². The molecule has 0 aromatic heterocycles. The predicted octanol–water partition coefficient (Wildman–Crippen LogP) is 2.44. The van der Waals surface area contributed by atoms with Gasteiger partial charge in [-0.05, 0) is 50.9 Å². The molecule has 2 unspecified atom stereocenters. The van der Waals surface area contributed by atoms with E-state index in [-0.39, 0.29) is 0 Å². The van der Waals surface area contributed by atoms with Crippen LogP contribution < -0.4 is 0 Å². The first-order valence-corrected chi connectivity index (χ1v) is 7.83. The summed E-state index contributed by atoms with van der Waals surface area (Å²) in [4.78, 5) is 15.9. The van der Waals surface area contributed by atoms with Crippen LogP contribution in [0.25, 0.3) is 0 Å². The molecule has 4 nitrogen and oxygen atoms in total. The molecule has 1 saturated carbocycles. The molecule has 3 rings (SSSR count). The molecule has 0 amide bonds. The van der Waals surface area contributed by atoms with Crippen LogP contribution in [0.15, 0.2) is 24.3 Å². The van der Waals surface area contributed by atoms with Crippen LogP contribution in [0.3, 0.4) is 0 Å². The number of likely N-dealkylation sites (tertiary alicyclic amines) is 1. The summed E-state index contributed by atoms with van der Waals surface area (Å²) < 4.78 is 0. The molecule has 0 bridgehead atoms. The molecule has 2 fully saturated rings. The van der Waals surface area contributed by atoms with Gasteiger partial charge in [0.05, 0.1) is 5.56 Å². The van der Waals surface area contributed by atoms with Crippen molar-refractivity contribution in [3.8, 4) is 0 Å². The molecule has 1 aromatic rings. The van der Waals surface area contributed by atoms with Crippen LogP contribution in [-0.4, -0.2) is 52.6 Å². The van der Waals surface area contributed by atoms with Crippen LogP contribution in [0.2, 0.25) is 0 Å². The number of rotatable bonds is 5. The Labute approximate surface area is 126 Å². The Kier molecular flexibility index (Phi) is 4.00. The number of hydrogen-bond acceptors (Lipinski definition) is 3.